The van der Waals surface area contributed by atoms with Gasteiger partial charge in [-0.1, -0.05) is 36.4 Å². The fraction of sp³-hybridized carbons (Fsp3) is 0.364. The Morgan fingerprint density at radius 1 is 1.15 bits per heavy atom. The number of carbonyl (C=O) groups is 1. The lowest BCUT2D eigenvalue weighted by Gasteiger charge is -2.28. The van der Waals surface area contributed by atoms with Crippen molar-refractivity contribution in [1.82, 2.24) is 10.2 Å². The van der Waals surface area contributed by atoms with Crippen molar-refractivity contribution in [2.45, 2.75) is 25.8 Å². The van der Waals surface area contributed by atoms with Gasteiger partial charge in [-0.25, -0.2) is 0 Å². The molecule has 0 unspecified atom stereocenters. The van der Waals surface area contributed by atoms with Crippen molar-refractivity contribution in [2.75, 3.05) is 26.2 Å². The van der Waals surface area contributed by atoms with Gasteiger partial charge < -0.3 is 10.1 Å². The molecule has 0 atom stereocenters. The first-order chi connectivity index (χ1) is 13.2. The Kier molecular flexibility index (Phi) is 6.84. The van der Waals surface area contributed by atoms with Crippen molar-refractivity contribution in [3.63, 3.8) is 0 Å². The third-order valence-corrected chi connectivity index (χ3v) is 4.76. The van der Waals surface area contributed by atoms with Crippen LogP contribution >= 0.6 is 0 Å². The number of rotatable bonds is 8. The molecule has 140 valence electrons. The number of benzene rings is 2. The normalized spacial score (nSPS) is 13.4. The molecule has 1 N–H and O–H groups in total. The van der Waals surface area contributed by atoms with Gasteiger partial charge in [-0.05, 0) is 41.7 Å². The van der Waals surface area contributed by atoms with Crippen molar-refractivity contribution >= 4 is 5.91 Å². The summed E-state index contributed by atoms with van der Waals surface area (Å²) in [5.41, 5.74) is 3.82. The molecular weight excluding hydrogens is 338 g/mol. The highest BCUT2D eigenvalue weighted by molar-refractivity contribution is 5.77. The van der Waals surface area contributed by atoms with Crippen LogP contribution in [0.4, 0.5) is 0 Å². The SMILES string of the molecule is N#CCc1ccc(OCC(=O)NCCCN2CCc3ccccc3C2)cc1. The number of fused-ring (bicyclic) bond motifs is 1. The van der Waals surface area contributed by atoms with Gasteiger partial charge in [0.1, 0.15) is 5.75 Å². The van der Waals surface area contributed by atoms with Gasteiger partial charge >= 0.3 is 0 Å². The molecule has 1 amide bonds. The fourth-order valence-corrected chi connectivity index (χ4v) is 3.27. The first-order valence-corrected chi connectivity index (χ1v) is 9.39. The second-order valence-corrected chi connectivity index (χ2v) is 6.77. The number of amides is 1. The topological polar surface area (TPSA) is 65.4 Å². The maximum atomic E-state index is 11.9. The second-order valence-electron chi connectivity index (χ2n) is 6.77. The Hall–Kier alpha value is -2.84. The van der Waals surface area contributed by atoms with Gasteiger partial charge in [0.2, 0.25) is 0 Å². The molecular formula is C22H25N3O2. The highest BCUT2D eigenvalue weighted by Gasteiger charge is 2.14. The van der Waals surface area contributed by atoms with Crippen LogP contribution in [0.3, 0.4) is 0 Å². The van der Waals surface area contributed by atoms with Crippen LogP contribution < -0.4 is 10.1 Å². The van der Waals surface area contributed by atoms with Crippen LogP contribution in [0, 0.1) is 11.3 Å². The van der Waals surface area contributed by atoms with E-state index in [1.807, 2.05) is 12.1 Å². The lowest BCUT2D eigenvalue weighted by molar-refractivity contribution is -0.123. The number of nitrogens with zero attached hydrogens (tertiary/aromatic N) is 2. The summed E-state index contributed by atoms with van der Waals surface area (Å²) in [5.74, 6) is 0.527. The predicted molar refractivity (Wildman–Crippen MR) is 104 cm³/mol. The van der Waals surface area contributed by atoms with E-state index < -0.39 is 0 Å². The Morgan fingerprint density at radius 2 is 1.93 bits per heavy atom. The van der Waals surface area contributed by atoms with Crippen molar-refractivity contribution in [2.24, 2.45) is 0 Å². The average molecular weight is 363 g/mol. The van der Waals surface area contributed by atoms with Gasteiger partial charge in [-0.15, -0.1) is 0 Å². The van der Waals surface area contributed by atoms with Crippen molar-refractivity contribution < 1.29 is 9.53 Å². The Bertz CT molecular complexity index is 796. The predicted octanol–water partition coefficient (Wildman–Crippen LogP) is 2.70. The van der Waals surface area contributed by atoms with E-state index in [0.717, 1.165) is 38.0 Å². The van der Waals surface area contributed by atoms with E-state index in [9.17, 15) is 4.79 Å². The number of nitriles is 1. The smallest absolute Gasteiger partial charge is 0.257 e. The van der Waals surface area contributed by atoms with Crippen LogP contribution in [0.5, 0.6) is 5.75 Å². The third kappa shape index (κ3) is 5.83. The minimum Gasteiger partial charge on any atom is -0.484 e. The van der Waals surface area contributed by atoms with Crippen LogP contribution in [0.25, 0.3) is 0 Å². The molecule has 0 saturated carbocycles. The zero-order valence-corrected chi connectivity index (χ0v) is 15.5. The van der Waals surface area contributed by atoms with E-state index in [4.69, 9.17) is 10.00 Å². The number of hydrogen-bond donors (Lipinski definition) is 1. The lowest BCUT2D eigenvalue weighted by atomic mass is 10.00. The van der Waals surface area contributed by atoms with E-state index in [-0.39, 0.29) is 12.5 Å². The molecule has 5 heteroatoms. The molecule has 2 aromatic rings. The van der Waals surface area contributed by atoms with E-state index in [0.29, 0.717) is 18.7 Å². The maximum Gasteiger partial charge on any atom is 0.257 e. The molecule has 0 saturated heterocycles. The van der Waals surface area contributed by atoms with Gasteiger partial charge in [0.05, 0.1) is 12.5 Å². The van der Waals surface area contributed by atoms with Crippen LogP contribution in [-0.4, -0.2) is 37.0 Å². The van der Waals surface area contributed by atoms with E-state index >= 15 is 0 Å². The minimum atomic E-state index is -0.111. The number of carbonyl (C=O) groups excluding carboxylic acids is 1. The van der Waals surface area contributed by atoms with Gasteiger partial charge in [0.25, 0.3) is 5.91 Å². The third-order valence-electron chi connectivity index (χ3n) is 4.76. The summed E-state index contributed by atoms with van der Waals surface area (Å²) in [7, 11) is 0. The summed E-state index contributed by atoms with van der Waals surface area (Å²) in [6.45, 7) is 3.72. The molecule has 2 aromatic carbocycles. The average Bonchev–Trinajstić information content (AvgIpc) is 2.71. The summed E-state index contributed by atoms with van der Waals surface area (Å²) in [6.07, 6.45) is 2.41. The zero-order chi connectivity index (χ0) is 18.9. The van der Waals surface area contributed by atoms with Gasteiger partial charge in [0.15, 0.2) is 6.61 Å². The van der Waals surface area contributed by atoms with E-state index in [1.54, 1.807) is 12.1 Å². The second kappa shape index (κ2) is 9.75. The maximum absolute atomic E-state index is 11.9. The largest absolute Gasteiger partial charge is 0.484 e. The molecule has 0 radical (unpaired) electrons. The summed E-state index contributed by atoms with van der Waals surface area (Å²) in [5, 5.41) is 11.6. The Labute approximate surface area is 160 Å². The monoisotopic (exact) mass is 363 g/mol. The lowest BCUT2D eigenvalue weighted by Crippen LogP contribution is -2.34. The molecule has 3 rings (SSSR count). The summed E-state index contributed by atoms with van der Waals surface area (Å²) < 4.78 is 5.48. The zero-order valence-electron chi connectivity index (χ0n) is 15.5. The summed E-state index contributed by atoms with van der Waals surface area (Å²) in [6, 6.07) is 18.0. The van der Waals surface area contributed by atoms with Crippen molar-refractivity contribution in [3.8, 4) is 11.8 Å². The molecule has 0 fully saturated rings. The van der Waals surface area contributed by atoms with Crippen LogP contribution in [0.1, 0.15) is 23.1 Å². The quantitative estimate of drug-likeness (QED) is 0.733. The highest BCUT2D eigenvalue weighted by atomic mass is 16.5. The number of nitrogens with one attached hydrogen (secondary N) is 1. The molecule has 0 aromatic heterocycles. The van der Waals surface area contributed by atoms with E-state index in [1.165, 1.54) is 11.1 Å². The molecule has 1 heterocycles. The standard InChI is InChI=1S/C22H25N3O2/c23-12-10-18-6-8-21(9-7-18)27-17-22(26)24-13-3-14-25-15-11-19-4-1-2-5-20(19)16-25/h1-2,4-9H,3,10-11,13-17H2,(H,24,26). The van der Waals surface area contributed by atoms with Crippen LogP contribution in [0.2, 0.25) is 0 Å². The number of hydrogen-bond acceptors (Lipinski definition) is 4. The molecule has 0 spiro atoms. The van der Waals surface area contributed by atoms with Gasteiger partial charge in [-0.3, -0.25) is 9.69 Å². The van der Waals surface area contributed by atoms with Gasteiger partial charge in [-0.2, -0.15) is 5.26 Å². The summed E-state index contributed by atoms with van der Waals surface area (Å²) in [4.78, 5) is 14.3. The molecule has 27 heavy (non-hydrogen) atoms. The molecule has 1 aliphatic rings. The Morgan fingerprint density at radius 3 is 2.70 bits per heavy atom. The van der Waals surface area contributed by atoms with Crippen LogP contribution in [-0.2, 0) is 24.2 Å². The molecule has 0 bridgehead atoms. The summed E-state index contributed by atoms with van der Waals surface area (Å²) >= 11 is 0. The van der Waals surface area contributed by atoms with Crippen molar-refractivity contribution in [3.05, 3.63) is 65.2 Å². The molecule has 1 aliphatic heterocycles. The van der Waals surface area contributed by atoms with Crippen LogP contribution in [0.15, 0.2) is 48.5 Å². The molecule has 5 nitrogen and oxygen atoms in total. The first kappa shape index (κ1) is 18.9. The first-order valence-electron chi connectivity index (χ1n) is 9.39. The Balaban J connectivity index is 1.30. The highest BCUT2D eigenvalue weighted by Crippen LogP contribution is 2.18. The minimum absolute atomic E-state index is 0.00862. The fourth-order valence-electron chi connectivity index (χ4n) is 3.27. The number of ether oxygens (including phenoxy) is 1. The van der Waals surface area contributed by atoms with Gasteiger partial charge in [0, 0.05) is 26.2 Å². The van der Waals surface area contributed by atoms with E-state index in [2.05, 4.69) is 40.6 Å². The van der Waals surface area contributed by atoms with Crippen molar-refractivity contribution in [1.29, 1.82) is 5.26 Å². The molecule has 0 aliphatic carbocycles.